The van der Waals surface area contributed by atoms with Crippen LogP contribution in [0.1, 0.15) is 52.0 Å². The molecule has 2 saturated heterocycles. The van der Waals surface area contributed by atoms with Gasteiger partial charge in [-0.2, -0.15) is 0 Å². The summed E-state index contributed by atoms with van der Waals surface area (Å²) < 4.78 is 6.39. The molecular weight excluding hydrogens is 354 g/mol. The minimum Gasteiger partial charge on any atom is -0.370 e. The SMILES string of the molecule is CC(=O)Nc1ccc(CN2CCC3(CCC(CNC(=O)C(C)C)O3)CC2)cc1. The Morgan fingerprint density at radius 1 is 1.18 bits per heavy atom. The van der Waals surface area contributed by atoms with E-state index in [1.54, 1.807) is 0 Å². The summed E-state index contributed by atoms with van der Waals surface area (Å²) in [5.41, 5.74) is 2.09. The summed E-state index contributed by atoms with van der Waals surface area (Å²) in [5.74, 6) is 0.0718. The van der Waals surface area contributed by atoms with Crippen LogP contribution in [-0.4, -0.2) is 48.1 Å². The minimum atomic E-state index is -0.0484. The maximum atomic E-state index is 11.8. The Hall–Kier alpha value is -1.92. The highest BCUT2D eigenvalue weighted by Gasteiger charge is 2.42. The number of rotatable bonds is 6. The fourth-order valence-electron chi connectivity index (χ4n) is 4.10. The number of nitrogens with one attached hydrogen (secondary N) is 2. The second kappa shape index (κ2) is 9.05. The van der Waals surface area contributed by atoms with Gasteiger partial charge in [-0.1, -0.05) is 26.0 Å². The predicted octanol–water partition coefficient (Wildman–Crippen LogP) is 2.93. The lowest BCUT2D eigenvalue weighted by atomic mass is 9.88. The van der Waals surface area contributed by atoms with E-state index in [2.05, 4.69) is 27.7 Å². The lowest BCUT2D eigenvalue weighted by molar-refractivity contribution is -0.125. The second-order valence-corrected chi connectivity index (χ2v) is 8.52. The van der Waals surface area contributed by atoms with Gasteiger partial charge in [0.05, 0.1) is 11.7 Å². The first kappa shape index (κ1) is 20.8. The van der Waals surface area contributed by atoms with Crippen molar-refractivity contribution in [1.82, 2.24) is 10.2 Å². The number of amides is 2. The molecule has 2 fully saturated rings. The maximum absolute atomic E-state index is 11.8. The molecule has 2 amide bonds. The average Bonchev–Trinajstić information content (AvgIpc) is 3.05. The van der Waals surface area contributed by atoms with E-state index in [-0.39, 0.29) is 29.4 Å². The van der Waals surface area contributed by atoms with Crippen LogP contribution in [0.25, 0.3) is 0 Å². The first-order chi connectivity index (χ1) is 13.3. The standard InChI is InChI=1S/C22H33N3O3/c1-16(2)21(27)23-14-20-8-9-22(28-20)10-12-25(13-11-22)15-18-4-6-19(7-5-18)24-17(3)26/h4-7,16,20H,8-15H2,1-3H3,(H,23,27)(H,24,26). The van der Waals surface area contributed by atoms with Crippen molar-refractivity contribution in [2.45, 2.75) is 64.7 Å². The van der Waals surface area contributed by atoms with E-state index < -0.39 is 0 Å². The summed E-state index contributed by atoms with van der Waals surface area (Å²) in [4.78, 5) is 25.3. The van der Waals surface area contributed by atoms with Crippen molar-refractivity contribution in [1.29, 1.82) is 0 Å². The first-order valence-electron chi connectivity index (χ1n) is 10.4. The first-order valence-corrected chi connectivity index (χ1v) is 10.4. The summed E-state index contributed by atoms with van der Waals surface area (Å²) >= 11 is 0. The zero-order valence-corrected chi connectivity index (χ0v) is 17.3. The quantitative estimate of drug-likeness (QED) is 0.787. The van der Waals surface area contributed by atoms with Crippen molar-refractivity contribution in [3.8, 4) is 0 Å². The molecule has 0 aliphatic carbocycles. The highest BCUT2D eigenvalue weighted by atomic mass is 16.5. The Morgan fingerprint density at radius 3 is 2.46 bits per heavy atom. The zero-order valence-electron chi connectivity index (χ0n) is 17.3. The number of benzene rings is 1. The average molecular weight is 388 g/mol. The molecule has 154 valence electrons. The Bertz CT molecular complexity index is 679. The molecule has 3 rings (SSSR count). The van der Waals surface area contributed by atoms with Gasteiger partial charge in [0.25, 0.3) is 0 Å². The van der Waals surface area contributed by atoms with Crippen LogP contribution < -0.4 is 10.6 Å². The molecule has 1 atom stereocenters. The highest BCUT2D eigenvalue weighted by molar-refractivity contribution is 5.88. The largest absolute Gasteiger partial charge is 0.370 e. The van der Waals surface area contributed by atoms with E-state index in [4.69, 9.17) is 4.74 Å². The van der Waals surface area contributed by atoms with E-state index in [0.29, 0.717) is 6.54 Å². The van der Waals surface area contributed by atoms with Gasteiger partial charge in [0.15, 0.2) is 0 Å². The van der Waals surface area contributed by atoms with Crippen molar-refractivity contribution in [2.24, 2.45) is 5.92 Å². The predicted molar refractivity (Wildman–Crippen MR) is 110 cm³/mol. The molecule has 1 aromatic rings. The molecule has 0 bridgehead atoms. The molecule has 2 N–H and O–H groups in total. The van der Waals surface area contributed by atoms with Crippen molar-refractivity contribution >= 4 is 17.5 Å². The van der Waals surface area contributed by atoms with Gasteiger partial charge in [-0.25, -0.2) is 0 Å². The van der Waals surface area contributed by atoms with Crippen LogP contribution in [0, 0.1) is 5.92 Å². The molecule has 1 unspecified atom stereocenters. The van der Waals surface area contributed by atoms with E-state index in [1.807, 2.05) is 26.0 Å². The summed E-state index contributed by atoms with van der Waals surface area (Å²) in [6, 6.07) is 8.07. The lowest BCUT2D eigenvalue weighted by Gasteiger charge is -2.39. The Labute approximate surface area is 168 Å². The van der Waals surface area contributed by atoms with Gasteiger partial charge in [0, 0.05) is 44.7 Å². The monoisotopic (exact) mass is 387 g/mol. The van der Waals surface area contributed by atoms with Gasteiger partial charge < -0.3 is 15.4 Å². The van der Waals surface area contributed by atoms with Gasteiger partial charge >= 0.3 is 0 Å². The molecule has 2 heterocycles. The number of anilines is 1. The van der Waals surface area contributed by atoms with Crippen LogP contribution in [0.2, 0.25) is 0 Å². The molecule has 6 heteroatoms. The molecule has 2 aliphatic heterocycles. The molecule has 6 nitrogen and oxygen atoms in total. The number of carbonyl (C=O) groups is 2. The third kappa shape index (κ3) is 5.55. The van der Waals surface area contributed by atoms with Gasteiger partial charge in [-0.15, -0.1) is 0 Å². The Balaban J connectivity index is 1.43. The second-order valence-electron chi connectivity index (χ2n) is 8.52. The molecule has 28 heavy (non-hydrogen) atoms. The van der Waals surface area contributed by atoms with Crippen LogP contribution in [-0.2, 0) is 20.9 Å². The molecule has 0 aromatic heterocycles. The lowest BCUT2D eigenvalue weighted by Crippen LogP contribution is -2.45. The van der Waals surface area contributed by atoms with Crippen LogP contribution in [0.3, 0.4) is 0 Å². The zero-order chi connectivity index (χ0) is 20.1. The van der Waals surface area contributed by atoms with Crippen LogP contribution in [0.4, 0.5) is 5.69 Å². The Kier molecular flexibility index (Phi) is 6.73. The topological polar surface area (TPSA) is 70.7 Å². The van der Waals surface area contributed by atoms with Crippen LogP contribution >= 0.6 is 0 Å². The molecular formula is C22H33N3O3. The smallest absolute Gasteiger partial charge is 0.222 e. The third-order valence-electron chi connectivity index (χ3n) is 5.81. The van der Waals surface area contributed by atoms with Gasteiger partial charge in [-0.3, -0.25) is 14.5 Å². The number of nitrogens with zero attached hydrogens (tertiary/aromatic N) is 1. The summed E-state index contributed by atoms with van der Waals surface area (Å²) in [7, 11) is 0. The van der Waals surface area contributed by atoms with Crippen molar-refractivity contribution in [3.63, 3.8) is 0 Å². The summed E-state index contributed by atoms with van der Waals surface area (Å²) in [6.45, 7) is 8.95. The van der Waals surface area contributed by atoms with Crippen molar-refractivity contribution in [2.75, 3.05) is 25.0 Å². The molecule has 1 spiro atoms. The van der Waals surface area contributed by atoms with Crippen LogP contribution in [0.5, 0.6) is 0 Å². The number of ether oxygens (including phenoxy) is 1. The number of hydrogen-bond acceptors (Lipinski definition) is 4. The van der Waals surface area contributed by atoms with E-state index in [1.165, 1.54) is 12.5 Å². The molecule has 0 saturated carbocycles. The Morgan fingerprint density at radius 2 is 1.86 bits per heavy atom. The maximum Gasteiger partial charge on any atom is 0.222 e. The number of piperidine rings is 1. The third-order valence-corrected chi connectivity index (χ3v) is 5.81. The van der Waals surface area contributed by atoms with Crippen molar-refractivity contribution in [3.05, 3.63) is 29.8 Å². The number of likely N-dealkylation sites (tertiary alicyclic amines) is 1. The highest BCUT2D eigenvalue weighted by Crippen LogP contribution is 2.39. The number of hydrogen-bond donors (Lipinski definition) is 2. The van der Waals surface area contributed by atoms with Gasteiger partial charge in [-0.05, 0) is 43.4 Å². The number of carbonyl (C=O) groups excluding carboxylic acids is 2. The summed E-state index contributed by atoms with van der Waals surface area (Å²) in [6.07, 6.45) is 4.37. The van der Waals surface area contributed by atoms with E-state index in [0.717, 1.165) is 51.0 Å². The summed E-state index contributed by atoms with van der Waals surface area (Å²) in [5, 5.41) is 5.80. The van der Waals surface area contributed by atoms with Gasteiger partial charge in [0.1, 0.15) is 0 Å². The molecule has 2 aliphatic rings. The van der Waals surface area contributed by atoms with E-state index in [9.17, 15) is 9.59 Å². The van der Waals surface area contributed by atoms with Gasteiger partial charge in [0.2, 0.25) is 11.8 Å². The fraction of sp³-hybridized carbons (Fsp3) is 0.636. The van der Waals surface area contributed by atoms with Crippen LogP contribution in [0.15, 0.2) is 24.3 Å². The fourth-order valence-corrected chi connectivity index (χ4v) is 4.10. The van der Waals surface area contributed by atoms with E-state index >= 15 is 0 Å². The normalized spacial score (nSPS) is 21.8. The molecule has 1 aromatic carbocycles. The minimum absolute atomic E-state index is 0.00100. The van der Waals surface area contributed by atoms with Crippen molar-refractivity contribution < 1.29 is 14.3 Å². The molecule has 0 radical (unpaired) electrons.